The quantitative estimate of drug-likeness (QED) is 0.563. The third-order valence-electron chi connectivity index (χ3n) is 0. The minimum Gasteiger partial charge on any atom is 0 e. The van der Waals surface area contributed by atoms with E-state index in [0.29, 0.717) is 0 Å². The SMILES string of the molecule is [H-].[H-].[O]=[Fe].[Pr].[Sr+2]. The normalized spacial score (nSPS) is 1.25. The predicted octanol–water partition coefficient (Wildman–Crippen LogP) is -0.277. The molecular formula is H2FeOPrSr. The molecule has 0 aromatic rings. The van der Waals surface area contributed by atoms with E-state index >= 15 is 0 Å². The summed E-state index contributed by atoms with van der Waals surface area (Å²) in [6.07, 6.45) is 0. The summed E-state index contributed by atoms with van der Waals surface area (Å²) >= 11 is 2.00. The van der Waals surface area contributed by atoms with Crippen LogP contribution in [0.5, 0.6) is 0 Å². The molecule has 0 aromatic heterocycles. The molecule has 0 amide bonds. The Balaban J connectivity index is -0.000000000833. The van der Waals surface area contributed by atoms with Gasteiger partial charge in [-0.15, -0.1) is 0 Å². The van der Waals surface area contributed by atoms with E-state index in [0.717, 1.165) is 0 Å². The summed E-state index contributed by atoms with van der Waals surface area (Å²) in [5, 5.41) is 0. The fraction of sp³-hybridized carbons (Fsp3) is 0. The second-order valence-corrected chi connectivity index (χ2v) is 0. The van der Waals surface area contributed by atoms with Crippen LogP contribution < -0.4 is 0 Å². The average Bonchev–Trinajstić information content (AvgIpc) is 1.00. The Morgan fingerprint density at radius 2 is 1.50 bits per heavy atom. The van der Waals surface area contributed by atoms with Gasteiger partial charge in [0.2, 0.25) is 0 Å². The number of hydrogen-bond acceptors (Lipinski definition) is 1. The third kappa shape index (κ3) is 8.94. The van der Waals surface area contributed by atoms with Gasteiger partial charge in [0.1, 0.15) is 0 Å². The van der Waals surface area contributed by atoms with Crippen LogP contribution in [0.4, 0.5) is 0 Å². The van der Waals surface area contributed by atoms with E-state index in [1.54, 1.807) is 0 Å². The van der Waals surface area contributed by atoms with Crippen LogP contribution in [0.3, 0.4) is 0 Å². The molecule has 1 radical (unpaired) electrons. The summed E-state index contributed by atoms with van der Waals surface area (Å²) < 4.78 is 8.00. The van der Waals surface area contributed by atoms with Crippen molar-refractivity contribution in [1.29, 1.82) is 0 Å². The molecule has 0 aliphatic heterocycles. The van der Waals surface area contributed by atoms with E-state index in [9.17, 15) is 0 Å². The molecule has 0 saturated heterocycles. The van der Waals surface area contributed by atoms with Crippen molar-refractivity contribution in [2.45, 2.75) is 0 Å². The first-order valence-corrected chi connectivity index (χ1v) is 0.595. The van der Waals surface area contributed by atoms with Crippen LogP contribution in [0.1, 0.15) is 2.85 Å². The van der Waals surface area contributed by atoms with Gasteiger partial charge in [0.05, 0.1) is 0 Å². The Morgan fingerprint density at radius 1 is 1.50 bits per heavy atom. The topological polar surface area (TPSA) is 17.1 Å². The molecule has 4 heavy (non-hydrogen) atoms. The summed E-state index contributed by atoms with van der Waals surface area (Å²) in [7, 11) is 0. The van der Waals surface area contributed by atoms with E-state index in [-0.39, 0.29) is 89.6 Å². The minimum atomic E-state index is 0. The first-order valence-electron chi connectivity index (χ1n) is 0.144. The van der Waals surface area contributed by atoms with Crippen LogP contribution >= 0.6 is 0 Å². The van der Waals surface area contributed by atoms with E-state index in [1.165, 1.54) is 0 Å². The Bertz CT molecular complexity index is 13.5. The molecule has 0 fully saturated rings. The monoisotopic (exact) mass is 303 g/mol. The van der Waals surface area contributed by atoms with E-state index in [4.69, 9.17) is 3.83 Å². The molecule has 0 saturated carbocycles. The van der Waals surface area contributed by atoms with Crippen molar-refractivity contribution < 1.29 is 63.9 Å². The maximum Gasteiger partial charge on any atom is 2.00 e. The Labute approximate surface area is 106 Å². The molecule has 0 bridgehead atoms. The second-order valence-electron chi connectivity index (χ2n) is 0. The van der Waals surface area contributed by atoms with Crippen molar-refractivity contribution in [1.82, 2.24) is 0 Å². The molecule has 21 valence electrons. The zero-order valence-corrected chi connectivity index (χ0v) is 10.3. The Hall–Kier alpha value is 3.16. The van der Waals surface area contributed by atoms with Gasteiger partial charge in [-0.05, 0) is 0 Å². The maximum absolute atomic E-state index is 8.00. The molecule has 0 spiro atoms. The molecule has 0 aliphatic rings. The average molecular weight is 302 g/mol. The Morgan fingerprint density at radius 3 is 1.50 bits per heavy atom. The van der Waals surface area contributed by atoms with Crippen LogP contribution in [-0.2, 0) is 19.8 Å². The van der Waals surface area contributed by atoms with Crippen LogP contribution in [0, 0.1) is 41.3 Å². The molecule has 0 aromatic carbocycles. The van der Waals surface area contributed by atoms with Gasteiger partial charge >= 0.3 is 65.3 Å². The Kier molecular flexibility index (Phi) is 64.4. The molecule has 1 nitrogen and oxygen atoms in total. The number of rotatable bonds is 0. The summed E-state index contributed by atoms with van der Waals surface area (Å²) in [6, 6.07) is 0. The zero-order valence-electron chi connectivity index (χ0n) is 4.05. The molecule has 0 atom stereocenters. The van der Waals surface area contributed by atoms with Crippen molar-refractivity contribution in [3.63, 3.8) is 0 Å². The third-order valence-corrected chi connectivity index (χ3v) is 0. The zero-order chi connectivity index (χ0) is 2.00. The van der Waals surface area contributed by atoms with Gasteiger partial charge in [0.15, 0.2) is 0 Å². The summed E-state index contributed by atoms with van der Waals surface area (Å²) in [5.74, 6) is 0. The fourth-order valence-electron chi connectivity index (χ4n) is 0. The van der Waals surface area contributed by atoms with Crippen LogP contribution in [0.15, 0.2) is 0 Å². The van der Waals surface area contributed by atoms with Crippen molar-refractivity contribution in [3.8, 4) is 0 Å². The molecule has 0 heterocycles. The summed E-state index contributed by atoms with van der Waals surface area (Å²) in [6.45, 7) is 0. The van der Waals surface area contributed by atoms with Gasteiger partial charge in [-0.2, -0.15) is 0 Å². The van der Waals surface area contributed by atoms with E-state index in [2.05, 4.69) is 0 Å². The molecule has 0 unspecified atom stereocenters. The van der Waals surface area contributed by atoms with Crippen molar-refractivity contribution in [2.24, 2.45) is 0 Å². The summed E-state index contributed by atoms with van der Waals surface area (Å²) in [5.41, 5.74) is 0. The van der Waals surface area contributed by atoms with Gasteiger partial charge in [-0.3, -0.25) is 0 Å². The van der Waals surface area contributed by atoms with Crippen LogP contribution in [0.2, 0.25) is 0 Å². The first-order chi connectivity index (χ1) is 1.00. The molecule has 0 aliphatic carbocycles. The van der Waals surface area contributed by atoms with Crippen molar-refractivity contribution in [3.05, 3.63) is 0 Å². The van der Waals surface area contributed by atoms with Gasteiger partial charge < -0.3 is 2.85 Å². The van der Waals surface area contributed by atoms with E-state index in [1.807, 2.05) is 15.9 Å². The standard InChI is InChI=1S/Fe.O.Pr.Sr.2H/q;;;+2;2*-1. The second kappa shape index (κ2) is 16.4. The maximum atomic E-state index is 8.00. The van der Waals surface area contributed by atoms with Gasteiger partial charge in [-0.25, -0.2) is 0 Å². The van der Waals surface area contributed by atoms with Crippen molar-refractivity contribution in [2.75, 3.05) is 0 Å². The largest absolute Gasteiger partial charge is 2.00 e. The predicted molar refractivity (Wildman–Crippen MR) is 8.66 cm³/mol. The van der Waals surface area contributed by atoms with Gasteiger partial charge in [0, 0.05) is 41.3 Å². The molecule has 4 heteroatoms. The number of hydrogen-bond donors (Lipinski definition) is 0. The fourth-order valence-corrected chi connectivity index (χ4v) is 0. The van der Waals surface area contributed by atoms with E-state index < -0.39 is 0 Å². The van der Waals surface area contributed by atoms with Gasteiger partial charge in [-0.1, -0.05) is 0 Å². The van der Waals surface area contributed by atoms with Crippen LogP contribution in [0.25, 0.3) is 0 Å². The van der Waals surface area contributed by atoms with Crippen LogP contribution in [-0.4, -0.2) is 45.5 Å². The van der Waals surface area contributed by atoms with Gasteiger partial charge in [0.25, 0.3) is 0 Å². The smallest absolute Gasteiger partial charge is 0 e. The molecular weight excluding hydrogens is 300 g/mol. The summed E-state index contributed by atoms with van der Waals surface area (Å²) in [4.78, 5) is 0. The molecule has 0 rings (SSSR count). The molecule has 0 N–H and O–H groups in total. The first kappa shape index (κ1) is 15.7. The minimum absolute atomic E-state index is 0. The van der Waals surface area contributed by atoms with Crippen molar-refractivity contribution >= 4 is 45.5 Å².